The molecule has 0 radical (unpaired) electrons. The second kappa shape index (κ2) is 4.13. The molecule has 3 atom stereocenters. The molecule has 2 aliphatic rings. The van der Waals surface area contributed by atoms with E-state index >= 15 is 0 Å². The predicted molar refractivity (Wildman–Crippen MR) is 68.3 cm³/mol. The molecule has 4 rings (SSSR count). The minimum absolute atomic E-state index is 0.233. The van der Waals surface area contributed by atoms with E-state index in [0.717, 1.165) is 11.5 Å². The van der Waals surface area contributed by atoms with Crippen LogP contribution < -0.4 is 5.32 Å². The highest BCUT2D eigenvalue weighted by Gasteiger charge is 2.41. The van der Waals surface area contributed by atoms with E-state index in [1.807, 2.05) is 4.68 Å². The maximum absolute atomic E-state index is 13.0. The molecule has 0 amide bonds. The van der Waals surface area contributed by atoms with Crippen molar-refractivity contribution in [1.29, 1.82) is 0 Å². The van der Waals surface area contributed by atoms with E-state index in [9.17, 15) is 4.39 Å². The van der Waals surface area contributed by atoms with Crippen molar-refractivity contribution in [1.82, 2.24) is 20.1 Å². The summed E-state index contributed by atoms with van der Waals surface area (Å²) in [5.74, 6) is 1.37. The SMILES string of the molecule is Fc1ccc(-n2ncnc2[C@H]2N[C@@H]3CC[C@H]2C3)cc1. The van der Waals surface area contributed by atoms with Crippen LogP contribution in [0.25, 0.3) is 5.69 Å². The molecule has 2 fully saturated rings. The van der Waals surface area contributed by atoms with Crippen LogP contribution in [0.4, 0.5) is 4.39 Å². The van der Waals surface area contributed by atoms with Gasteiger partial charge in [-0.3, -0.25) is 0 Å². The van der Waals surface area contributed by atoms with E-state index in [2.05, 4.69) is 15.4 Å². The van der Waals surface area contributed by atoms with E-state index in [0.29, 0.717) is 12.0 Å². The molecule has 5 heteroatoms. The summed E-state index contributed by atoms with van der Waals surface area (Å²) in [7, 11) is 0. The number of halogens is 1. The van der Waals surface area contributed by atoms with Gasteiger partial charge in [0.05, 0.1) is 11.7 Å². The molecule has 1 saturated carbocycles. The Labute approximate surface area is 110 Å². The molecule has 2 heterocycles. The van der Waals surface area contributed by atoms with Crippen molar-refractivity contribution in [3.8, 4) is 5.69 Å². The van der Waals surface area contributed by atoms with Gasteiger partial charge in [0, 0.05) is 6.04 Å². The number of fused-ring (bicyclic) bond motifs is 2. The average molecular weight is 258 g/mol. The topological polar surface area (TPSA) is 42.7 Å². The number of aromatic nitrogens is 3. The quantitative estimate of drug-likeness (QED) is 0.898. The zero-order chi connectivity index (χ0) is 12.8. The Morgan fingerprint density at radius 2 is 2.05 bits per heavy atom. The number of rotatable bonds is 2. The van der Waals surface area contributed by atoms with Gasteiger partial charge in [0.1, 0.15) is 18.0 Å². The summed E-state index contributed by atoms with van der Waals surface area (Å²) in [6, 6.07) is 7.30. The van der Waals surface area contributed by atoms with Crippen molar-refractivity contribution in [2.24, 2.45) is 5.92 Å². The monoisotopic (exact) mass is 258 g/mol. The Morgan fingerprint density at radius 3 is 2.74 bits per heavy atom. The largest absolute Gasteiger partial charge is 0.304 e. The molecular formula is C14H15FN4. The van der Waals surface area contributed by atoms with Gasteiger partial charge in [0.25, 0.3) is 0 Å². The van der Waals surface area contributed by atoms with Crippen molar-refractivity contribution in [2.45, 2.75) is 31.3 Å². The second-order valence-electron chi connectivity index (χ2n) is 5.42. The maximum Gasteiger partial charge on any atom is 0.149 e. The number of hydrogen-bond donors (Lipinski definition) is 1. The zero-order valence-electron chi connectivity index (χ0n) is 10.5. The van der Waals surface area contributed by atoms with Gasteiger partial charge in [-0.1, -0.05) is 0 Å². The molecule has 0 spiro atoms. The van der Waals surface area contributed by atoms with Crippen LogP contribution in [0.3, 0.4) is 0 Å². The standard InChI is InChI=1S/C14H15FN4/c15-10-2-5-12(6-3-10)19-14(16-8-17-19)13-9-1-4-11(7-9)18-13/h2-3,5-6,8-9,11,13,18H,1,4,7H2/t9-,11+,13-/m0/s1. The number of hydrogen-bond acceptors (Lipinski definition) is 3. The first kappa shape index (κ1) is 11.1. The molecule has 1 saturated heterocycles. The van der Waals surface area contributed by atoms with Crippen molar-refractivity contribution in [2.75, 3.05) is 0 Å². The van der Waals surface area contributed by atoms with Crippen LogP contribution in [0, 0.1) is 11.7 Å². The van der Waals surface area contributed by atoms with Crippen LogP contribution in [0.1, 0.15) is 31.1 Å². The minimum atomic E-state index is -0.233. The van der Waals surface area contributed by atoms with Gasteiger partial charge in [-0.15, -0.1) is 0 Å². The average Bonchev–Trinajstić information content (AvgIpc) is 3.15. The van der Waals surface area contributed by atoms with Gasteiger partial charge in [0.2, 0.25) is 0 Å². The van der Waals surface area contributed by atoms with E-state index in [4.69, 9.17) is 0 Å². The van der Waals surface area contributed by atoms with Crippen molar-refractivity contribution < 1.29 is 4.39 Å². The summed E-state index contributed by atoms with van der Waals surface area (Å²) in [5, 5.41) is 7.90. The van der Waals surface area contributed by atoms with E-state index < -0.39 is 0 Å². The fourth-order valence-electron chi connectivity index (χ4n) is 3.39. The smallest absolute Gasteiger partial charge is 0.149 e. The van der Waals surface area contributed by atoms with Crippen molar-refractivity contribution in [3.63, 3.8) is 0 Å². The molecule has 1 aromatic heterocycles. The third-order valence-electron chi connectivity index (χ3n) is 4.28. The first-order valence-electron chi connectivity index (χ1n) is 6.73. The maximum atomic E-state index is 13.0. The van der Waals surface area contributed by atoms with E-state index in [1.54, 1.807) is 18.5 Å². The van der Waals surface area contributed by atoms with Crippen molar-refractivity contribution in [3.05, 3.63) is 42.2 Å². The lowest BCUT2D eigenvalue weighted by molar-refractivity contribution is 0.372. The summed E-state index contributed by atoms with van der Waals surface area (Å²) in [4.78, 5) is 4.41. The summed E-state index contributed by atoms with van der Waals surface area (Å²) < 4.78 is 14.8. The third-order valence-corrected chi connectivity index (χ3v) is 4.28. The van der Waals surface area contributed by atoms with Crippen LogP contribution >= 0.6 is 0 Å². The van der Waals surface area contributed by atoms with Gasteiger partial charge in [-0.2, -0.15) is 5.10 Å². The van der Waals surface area contributed by atoms with Crippen molar-refractivity contribution >= 4 is 0 Å². The minimum Gasteiger partial charge on any atom is -0.304 e. The molecule has 2 bridgehead atoms. The first-order valence-corrected chi connectivity index (χ1v) is 6.73. The van der Waals surface area contributed by atoms with Gasteiger partial charge < -0.3 is 5.32 Å². The fraction of sp³-hybridized carbons (Fsp3) is 0.429. The number of benzene rings is 1. The van der Waals surface area contributed by atoms with E-state index in [-0.39, 0.29) is 11.9 Å². The Hall–Kier alpha value is -1.75. The third kappa shape index (κ3) is 1.76. The van der Waals surface area contributed by atoms with Crippen LogP contribution in [-0.2, 0) is 0 Å². The lowest BCUT2D eigenvalue weighted by Crippen LogP contribution is -2.30. The lowest BCUT2D eigenvalue weighted by atomic mass is 9.99. The highest BCUT2D eigenvalue weighted by molar-refractivity contribution is 5.32. The van der Waals surface area contributed by atoms with Gasteiger partial charge >= 0.3 is 0 Å². The van der Waals surface area contributed by atoms with Crippen LogP contribution in [-0.4, -0.2) is 20.8 Å². The molecule has 4 nitrogen and oxygen atoms in total. The molecule has 19 heavy (non-hydrogen) atoms. The Balaban J connectivity index is 1.71. The fourth-order valence-corrected chi connectivity index (χ4v) is 3.39. The second-order valence-corrected chi connectivity index (χ2v) is 5.42. The number of piperidine rings is 1. The summed E-state index contributed by atoms with van der Waals surface area (Å²) in [5.41, 5.74) is 0.860. The molecule has 98 valence electrons. The molecule has 2 aromatic rings. The van der Waals surface area contributed by atoms with E-state index in [1.165, 1.54) is 31.4 Å². The normalized spacial score (nSPS) is 29.0. The Kier molecular flexibility index (Phi) is 2.41. The summed E-state index contributed by atoms with van der Waals surface area (Å²) in [6.45, 7) is 0. The highest BCUT2D eigenvalue weighted by Crippen LogP contribution is 2.42. The molecule has 0 unspecified atom stereocenters. The lowest BCUT2D eigenvalue weighted by Gasteiger charge is -2.22. The summed E-state index contributed by atoms with van der Waals surface area (Å²) >= 11 is 0. The Morgan fingerprint density at radius 1 is 1.21 bits per heavy atom. The van der Waals surface area contributed by atoms with Gasteiger partial charge in [-0.25, -0.2) is 14.1 Å². The van der Waals surface area contributed by atoms with Gasteiger partial charge in [0.15, 0.2) is 0 Å². The molecular weight excluding hydrogens is 243 g/mol. The Bertz CT molecular complexity index is 592. The predicted octanol–water partition coefficient (Wildman–Crippen LogP) is 2.22. The molecule has 1 aliphatic carbocycles. The first-order chi connectivity index (χ1) is 9.31. The van der Waals surface area contributed by atoms with Gasteiger partial charge in [-0.05, 0) is 49.4 Å². The van der Waals surface area contributed by atoms with Crippen LogP contribution in [0.2, 0.25) is 0 Å². The molecule has 1 aromatic carbocycles. The zero-order valence-corrected chi connectivity index (χ0v) is 10.5. The number of nitrogens with zero attached hydrogens (tertiary/aromatic N) is 3. The highest BCUT2D eigenvalue weighted by atomic mass is 19.1. The number of nitrogens with one attached hydrogen (secondary N) is 1. The molecule has 1 N–H and O–H groups in total. The summed E-state index contributed by atoms with van der Waals surface area (Å²) in [6.07, 6.45) is 5.35. The van der Waals surface area contributed by atoms with Crippen LogP contribution in [0.5, 0.6) is 0 Å². The van der Waals surface area contributed by atoms with Crippen LogP contribution in [0.15, 0.2) is 30.6 Å². The molecule has 1 aliphatic heterocycles.